The van der Waals surface area contributed by atoms with Gasteiger partial charge in [-0.05, 0) is 54.7 Å². The molecule has 1 atom stereocenters. The Labute approximate surface area is 168 Å². The van der Waals surface area contributed by atoms with Crippen LogP contribution in [-0.2, 0) is 16.0 Å². The first-order valence-electron chi connectivity index (χ1n) is 9.05. The van der Waals surface area contributed by atoms with Crippen LogP contribution in [0.5, 0.6) is 0 Å². The molecule has 0 N–H and O–H groups in total. The molecule has 4 rings (SSSR count). The lowest BCUT2D eigenvalue weighted by atomic mass is 9.89. The Hall–Kier alpha value is -2.10. The van der Waals surface area contributed by atoms with Gasteiger partial charge in [-0.1, -0.05) is 47.8 Å². The zero-order valence-electron chi connectivity index (χ0n) is 15.0. The van der Waals surface area contributed by atoms with Gasteiger partial charge in [0.1, 0.15) is 0 Å². The molecule has 0 saturated heterocycles. The van der Waals surface area contributed by atoms with Crippen LogP contribution < -0.4 is 0 Å². The quantitative estimate of drug-likeness (QED) is 0.380. The number of rotatable bonds is 2. The molecule has 0 bridgehead atoms. The van der Waals surface area contributed by atoms with E-state index >= 15 is 0 Å². The lowest BCUT2D eigenvalue weighted by molar-refractivity contribution is -0.142. The van der Waals surface area contributed by atoms with Crippen molar-refractivity contribution in [3.63, 3.8) is 0 Å². The number of methoxy groups -OCH3 is 1. The topological polar surface area (TPSA) is 39.2 Å². The molecule has 1 aliphatic carbocycles. The van der Waals surface area contributed by atoms with E-state index in [4.69, 9.17) is 32.9 Å². The summed E-state index contributed by atoms with van der Waals surface area (Å²) < 4.78 is 5.08. The molecule has 0 amide bonds. The first-order chi connectivity index (χ1) is 13.1. The van der Waals surface area contributed by atoms with Gasteiger partial charge in [-0.2, -0.15) is 0 Å². The number of benzene rings is 2. The van der Waals surface area contributed by atoms with E-state index in [0.29, 0.717) is 10.0 Å². The number of carbonyl (C=O) groups excluding carboxylic acids is 1. The molecular formula is C22H19Cl2NO2. The normalized spacial score (nSPS) is 16.6. The first-order valence-corrected chi connectivity index (χ1v) is 9.80. The van der Waals surface area contributed by atoms with Crippen molar-refractivity contribution in [2.45, 2.75) is 31.6 Å². The van der Waals surface area contributed by atoms with Gasteiger partial charge < -0.3 is 4.74 Å². The Kier molecular flexibility index (Phi) is 5.07. The Morgan fingerprint density at radius 1 is 1.15 bits per heavy atom. The lowest BCUT2D eigenvalue weighted by Gasteiger charge is -2.20. The monoisotopic (exact) mass is 399 g/mol. The highest BCUT2D eigenvalue weighted by Crippen LogP contribution is 2.42. The summed E-state index contributed by atoms with van der Waals surface area (Å²) in [5.74, 6) is -0.585. The minimum absolute atomic E-state index is 0.232. The van der Waals surface area contributed by atoms with E-state index in [1.807, 2.05) is 42.5 Å². The van der Waals surface area contributed by atoms with Crippen LogP contribution in [0.25, 0.3) is 22.0 Å². The highest BCUT2D eigenvalue weighted by molar-refractivity contribution is 6.34. The third-order valence-electron chi connectivity index (χ3n) is 5.21. The maximum absolute atomic E-state index is 12.5. The van der Waals surface area contributed by atoms with Crippen LogP contribution in [0.2, 0.25) is 10.0 Å². The number of aromatic nitrogens is 1. The summed E-state index contributed by atoms with van der Waals surface area (Å²) >= 11 is 12.9. The molecule has 0 aliphatic heterocycles. The standard InChI is InChI=1S/C22H19Cl2NO2/c1-27-22(26)16-8-3-2-7-15-20(14-6-4-5-9-18(14)24)17-12-13(23)10-11-19(17)25-21(15)16/h4-6,9-12,16H,2-3,7-8H2,1H3/t16-/m0/s1. The summed E-state index contributed by atoms with van der Waals surface area (Å²) in [4.78, 5) is 17.4. The van der Waals surface area contributed by atoms with Gasteiger partial charge in [0, 0.05) is 21.0 Å². The van der Waals surface area contributed by atoms with Gasteiger partial charge in [-0.15, -0.1) is 0 Å². The van der Waals surface area contributed by atoms with Crippen LogP contribution in [0.1, 0.15) is 36.4 Å². The molecule has 27 heavy (non-hydrogen) atoms. The highest BCUT2D eigenvalue weighted by Gasteiger charge is 2.30. The summed E-state index contributed by atoms with van der Waals surface area (Å²) in [6, 6.07) is 13.4. The summed E-state index contributed by atoms with van der Waals surface area (Å²) in [5, 5.41) is 2.28. The number of halogens is 2. The van der Waals surface area contributed by atoms with Gasteiger partial charge in [0.15, 0.2) is 0 Å². The molecule has 2 aromatic carbocycles. The van der Waals surface area contributed by atoms with E-state index in [2.05, 4.69) is 0 Å². The predicted octanol–water partition coefficient (Wildman–Crippen LogP) is 6.19. The summed E-state index contributed by atoms with van der Waals surface area (Å²) in [6.45, 7) is 0. The third kappa shape index (κ3) is 3.30. The lowest BCUT2D eigenvalue weighted by Crippen LogP contribution is -2.17. The predicted molar refractivity (Wildman–Crippen MR) is 110 cm³/mol. The molecule has 0 radical (unpaired) electrons. The van der Waals surface area contributed by atoms with Gasteiger partial charge in [0.05, 0.1) is 24.2 Å². The Bertz CT molecular complexity index is 1030. The van der Waals surface area contributed by atoms with Crippen molar-refractivity contribution in [3.8, 4) is 11.1 Å². The van der Waals surface area contributed by atoms with Crippen molar-refractivity contribution in [1.29, 1.82) is 0 Å². The number of hydrogen-bond donors (Lipinski definition) is 0. The first kappa shape index (κ1) is 18.3. The minimum Gasteiger partial charge on any atom is -0.469 e. The van der Waals surface area contributed by atoms with E-state index in [1.54, 1.807) is 0 Å². The van der Waals surface area contributed by atoms with E-state index in [-0.39, 0.29) is 11.9 Å². The molecule has 3 nitrogen and oxygen atoms in total. The van der Waals surface area contributed by atoms with Crippen LogP contribution in [0.4, 0.5) is 0 Å². The van der Waals surface area contributed by atoms with Crippen LogP contribution >= 0.6 is 23.2 Å². The largest absolute Gasteiger partial charge is 0.469 e. The fourth-order valence-electron chi connectivity index (χ4n) is 3.97. The molecule has 1 aromatic heterocycles. The van der Waals surface area contributed by atoms with Crippen molar-refractivity contribution < 1.29 is 9.53 Å². The van der Waals surface area contributed by atoms with Gasteiger partial charge >= 0.3 is 5.97 Å². The van der Waals surface area contributed by atoms with E-state index in [1.165, 1.54) is 7.11 Å². The average Bonchev–Trinajstić information content (AvgIpc) is 2.89. The number of pyridine rings is 1. The molecule has 0 spiro atoms. The average molecular weight is 400 g/mol. The Morgan fingerprint density at radius 3 is 2.74 bits per heavy atom. The highest BCUT2D eigenvalue weighted by atomic mass is 35.5. The van der Waals surface area contributed by atoms with Crippen molar-refractivity contribution >= 4 is 40.1 Å². The summed E-state index contributed by atoms with van der Waals surface area (Å²) in [5.41, 5.74) is 4.66. The maximum Gasteiger partial charge on any atom is 0.314 e. The molecule has 0 fully saturated rings. The van der Waals surface area contributed by atoms with E-state index < -0.39 is 0 Å². The summed E-state index contributed by atoms with van der Waals surface area (Å²) in [7, 11) is 1.43. The molecule has 0 saturated carbocycles. The van der Waals surface area contributed by atoms with Crippen molar-refractivity contribution in [1.82, 2.24) is 4.98 Å². The van der Waals surface area contributed by atoms with Gasteiger partial charge in [0.2, 0.25) is 0 Å². The number of esters is 1. The SMILES string of the molecule is COC(=O)[C@H]1CCCCc2c1nc1ccc(Cl)cc1c2-c1ccccc1Cl. The van der Waals surface area contributed by atoms with Crippen LogP contribution in [0.3, 0.4) is 0 Å². The number of fused-ring (bicyclic) bond motifs is 2. The van der Waals surface area contributed by atoms with E-state index in [0.717, 1.165) is 59.0 Å². The zero-order chi connectivity index (χ0) is 19.0. The second kappa shape index (κ2) is 7.49. The molecule has 0 unspecified atom stereocenters. The van der Waals surface area contributed by atoms with Crippen LogP contribution in [0, 0.1) is 0 Å². The Morgan fingerprint density at radius 2 is 1.96 bits per heavy atom. The molecule has 3 aromatic rings. The fraction of sp³-hybridized carbons (Fsp3) is 0.273. The minimum atomic E-state index is -0.353. The number of nitrogens with zero attached hydrogens (tertiary/aromatic N) is 1. The molecule has 5 heteroatoms. The van der Waals surface area contributed by atoms with Gasteiger partial charge in [-0.25, -0.2) is 0 Å². The Balaban J connectivity index is 2.10. The summed E-state index contributed by atoms with van der Waals surface area (Å²) in [6.07, 6.45) is 3.54. The second-order valence-corrected chi connectivity index (χ2v) is 7.66. The molecular weight excluding hydrogens is 381 g/mol. The van der Waals surface area contributed by atoms with E-state index in [9.17, 15) is 4.79 Å². The molecule has 1 aliphatic rings. The van der Waals surface area contributed by atoms with Crippen molar-refractivity contribution in [2.24, 2.45) is 0 Å². The number of ether oxygens (including phenoxy) is 1. The maximum atomic E-state index is 12.5. The third-order valence-corrected chi connectivity index (χ3v) is 5.77. The van der Waals surface area contributed by atoms with Crippen molar-refractivity contribution in [3.05, 3.63) is 63.8 Å². The number of carbonyl (C=O) groups is 1. The van der Waals surface area contributed by atoms with Crippen LogP contribution in [0.15, 0.2) is 42.5 Å². The molecule has 138 valence electrons. The second-order valence-electron chi connectivity index (χ2n) is 6.81. The van der Waals surface area contributed by atoms with Crippen molar-refractivity contribution in [2.75, 3.05) is 7.11 Å². The van der Waals surface area contributed by atoms with Gasteiger partial charge in [0.25, 0.3) is 0 Å². The number of hydrogen-bond acceptors (Lipinski definition) is 3. The fourth-order valence-corrected chi connectivity index (χ4v) is 4.37. The smallest absolute Gasteiger partial charge is 0.314 e. The zero-order valence-corrected chi connectivity index (χ0v) is 16.5. The van der Waals surface area contributed by atoms with Crippen LogP contribution in [-0.4, -0.2) is 18.1 Å². The molecule has 1 heterocycles. The van der Waals surface area contributed by atoms with Gasteiger partial charge in [-0.3, -0.25) is 9.78 Å².